The smallest absolute Gasteiger partial charge is 0.166 e. The maximum atomic E-state index is 14.6. The van der Waals surface area contributed by atoms with Gasteiger partial charge in [0.25, 0.3) is 0 Å². The summed E-state index contributed by atoms with van der Waals surface area (Å²) in [5.74, 6) is 0.754. The number of aromatic nitrogens is 2. The molecule has 2 aromatic carbocycles. The molecule has 3 atom stereocenters. The van der Waals surface area contributed by atoms with Crippen molar-refractivity contribution >= 4 is 45.6 Å². The van der Waals surface area contributed by atoms with E-state index in [1.54, 1.807) is 12.1 Å². The van der Waals surface area contributed by atoms with Crippen LogP contribution in [0.1, 0.15) is 25.7 Å². The number of aliphatic hydroxyl groups excluding tert-OH is 1. The maximum absolute atomic E-state index is 14.6. The van der Waals surface area contributed by atoms with Crippen LogP contribution in [0.3, 0.4) is 0 Å². The summed E-state index contributed by atoms with van der Waals surface area (Å²) in [5.41, 5.74) is 0.723. The summed E-state index contributed by atoms with van der Waals surface area (Å²) >= 11 is 11.9. The van der Waals surface area contributed by atoms with Crippen molar-refractivity contribution in [1.82, 2.24) is 15.3 Å². The Morgan fingerprint density at radius 2 is 1.91 bits per heavy atom. The number of ether oxygens (including phenoxy) is 2. The molecule has 0 unspecified atom stereocenters. The van der Waals surface area contributed by atoms with Crippen LogP contribution in [0.5, 0.6) is 11.5 Å². The number of halogens is 3. The number of aliphatic hydroxyl groups is 1. The van der Waals surface area contributed by atoms with E-state index in [0.717, 1.165) is 25.7 Å². The highest BCUT2D eigenvalue weighted by molar-refractivity contribution is 6.42. The van der Waals surface area contributed by atoms with E-state index in [9.17, 15) is 9.50 Å². The topological polar surface area (TPSA) is 88.5 Å². The molecule has 2 aliphatic heterocycles. The van der Waals surface area contributed by atoms with Crippen molar-refractivity contribution in [2.24, 2.45) is 0 Å². The zero-order valence-corrected chi connectivity index (χ0v) is 19.2. The molecule has 33 heavy (non-hydrogen) atoms. The molecular weight excluding hydrogens is 470 g/mol. The van der Waals surface area contributed by atoms with Gasteiger partial charge in [0.2, 0.25) is 0 Å². The predicted molar refractivity (Wildman–Crippen MR) is 125 cm³/mol. The highest BCUT2D eigenvalue weighted by Gasteiger charge is 2.35. The summed E-state index contributed by atoms with van der Waals surface area (Å²) < 4.78 is 26.8. The minimum atomic E-state index is -0.666. The van der Waals surface area contributed by atoms with Crippen LogP contribution in [0.4, 0.5) is 15.9 Å². The molecule has 2 bridgehead atoms. The standard InChI is InChI=1S/C23H23Cl2FN4O3/c24-16-3-4-17(22(26)21(16)25)30-23-15-9-20(33-14-7-12-1-2-13(8-14)29-12)19(32-6-5-31)10-18(15)27-11-28-23/h3-4,9-14,29,31H,1-2,5-8H2,(H,27,28,30)/t12-,13+,14-. The average molecular weight is 493 g/mol. The Hall–Kier alpha value is -2.39. The second-order valence-electron chi connectivity index (χ2n) is 8.31. The van der Waals surface area contributed by atoms with Gasteiger partial charge in [0, 0.05) is 23.5 Å². The molecule has 5 rings (SSSR count). The molecule has 0 radical (unpaired) electrons. The van der Waals surface area contributed by atoms with Gasteiger partial charge in [-0.3, -0.25) is 0 Å². The van der Waals surface area contributed by atoms with E-state index in [1.165, 1.54) is 18.5 Å². The molecular formula is C23H23Cl2FN4O3. The van der Waals surface area contributed by atoms with E-state index in [0.29, 0.717) is 40.3 Å². The second-order valence-corrected chi connectivity index (χ2v) is 9.09. The van der Waals surface area contributed by atoms with Crippen molar-refractivity contribution < 1.29 is 19.0 Å². The minimum absolute atomic E-state index is 0.0474. The molecule has 174 valence electrons. The first kappa shape index (κ1) is 22.4. The molecule has 0 saturated carbocycles. The van der Waals surface area contributed by atoms with Crippen LogP contribution in [0.25, 0.3) is 10.9 Å². The van der Waals surface area contributed by atoms with Crippen molar-refractivity contribution in [2.45, 2.75) is 43.9 Å². The van der Waals surface area contributed by atoms with Crippen LogP contribution in [-0.2, 0) is 0 Å². The van der Waals surface area contributed by atoms with Gasteiger partial charge in [-0.2, -0.15) is 0 Å². The number of piperidine rings is 1. The van der Waals surface area contributed by atoms with Crippen LogP contribution in [0, 0.1) is 5.82 Å². The zero-order chi connectivity index (χ0) is 22.9. The number of anilines is 2. The van der Waals surface area contributed by atoms with Crippen molar-refractivity contribution in [1.29, 1.82) is 0 Å². The number of fused-ring (bicyclic) bond motifs is 3. The van der Waals surface area contributed by atoms with E-state index >= 15 is 0 Å². The molecule has 2 aliphatic rings. The molecule has 0 spiro atoms. The third-order valence-corrected chi connectivity index (χ3v) is 6.84. The van der Waals surface area contributed by atoms with Crippen LogP contribution >= 0.6 is 23.2 Å². The van der Waals surface area contributed by atoms with Crippen molar-refractivity contribution in [2.75, 3.05) is 18.5 Å². The third-order valence-electron chi connectivity index (χ3n) is 6.06. The Bertz CT molecular complexity index is 1170. The van der Waals surface area contributed by atoms with Gasteiger partial charge in [0.05, 0.1) is 27.9 Å². The third kappa shape index (κ3) is 4.66. The predicted octanol–water partition coefficient (Wildman–Crippen LogP) is 4.85. The van der Waals surface area contributed by atoms with Crippen LogP contribution in [0.2, 0.25) is 10.0 Å². The van der Waals surface area contributed by atoms with Gasteiger partial charge < -0.3 is 25.2 Å². The number of rotatable bonds is 7. The molecule has 3 aromatic rings. The van der Waals surface area contributed by atoms with Gasteiger partial charge in [-0.1, -0.05) is 23.2 Å². The molecule has 0 aliphatic carbocycles. The zero-order valence-electron chi connectivity index (χ0n) is 17.7. The fourth-order valence-electron chi connectivity index (χ4n) is 4.55. The van der Waals surface area contributed by atoms with Gasteiger partial charge in [-0.15, -0.1) is 0 Å². The first-order valence-electron chi connectivity index (χ1n) is 10.9. The van der Waals surface area contributed by atoms with E-state index in [2.05, 4.69) is 20.6 Å². The van der Waals surface area contributed by atoms with Crippen molar-refractivity contribution in [3.63, 3.8) is 0 Å². The molecule has 0 amide bonds. The lowest BCUT2D eigenvalue weighted by molar-refractivity contribution is 0.128. The molecule has 2 fully saturated rings. The van der Waals surface area contributed by atoms with E-state index in [1.807, 2.05) is 0 Å². The van der Waals surface area contributed by atoms with E-state index in [-0.39, 0.29) is 35.1 Å². The van der Waals surface area contributed by atoms with Gasteiger partial charge >= 0.3 is 0 Å². The molecule has 3 heterocycles. The van der Waals surface area contributed by atoms with E-state index < -0.39 is 5.82 Å². The molecule has 10 heteroatoms. The fraction of sp³-hybridized carbons (Fsp3) is 0.391. The van der Waals surface area contributed by atoms with Crippen LogP contribution < -0.4 is 20.1 Å². The lowest BCUT2D eigenvalue weighted by Crippen LogP contribution is -2.42. The molecule has 2 saturated heterocycles. The Labute approximate surface area is 200 Å². The monoisotopic (exact) mass is 492 g/mol. The quantitative estimate of drug-likeness (QED) is 0.406. The second kappa shape index (κ2) is 9.46. The number of benzene rings is 2. The summed E-state index contributed by atoms with van der Waals surface area (Å²) in [6.45, 7) is 0.00612. The van der Waals surface area contributed by atoms with Crippen molar-refractivity contribution in [3.8, 4) is 11.5 Å². The molecule has 7 nitrogen and oxygen atoms in total. The highest BCUT2D eigenvalue weighted by Crippen LogP contribution is 2.39. The van der Waals surface area contributed by atoms with Gasteiger partial charge in [0.15, 0.2) is 17.3 Å². The first-order chi connectivity index (χ1) is 16.0. The van der Waals surface area contributed by atoms with Gasteiger partial charge in [0.1, 0.15) is 24.9 Å². The Morgan fingerprint density at radius 3 is 2.67 bits per heavy atom. The molecule has 1 aromatic heterocycles. The van der Waals surface area contributed by atoms with E-state index in [4.69, 9.17) is 32.7 Å². The SMILES string of the molecule is OCCOc1cc2ncnc(Nc3ccc(Cl)c(Cl)c3F)c2cc1O[C@@H]1C[C@H]2CC[C@@H](C1)N2. The highest BCUT2D eigenvalue weighted by atomic mass is 35.5. The summed E-state index contributed by atoms with van der Waals surface area (Å²) in [5, 5.41) is 16.4. The number of nitrogens with one attached hydrogen (secondary N) is 2. The number of hydrogen-bond donors (Lipinski definition) is 3. The average Bonchev–Trinajstić information content (AvgIpc) is 3.16. The number of hydrogen-bond acceptors (Lipinski definition) is 7. The number of nitrogens with zero attached hydrogens (tertiary/aromatic N) is 2. The molecule has 3 N–H and O–H groups in total. The lowest BCUT2D eigenvalue weighted by atomic mass is 10.0. The summed E-state index contributed by atoms with van der Waals surface area (Å²) in [7, 11) is 0. The first-order valence-corrected chi connectivity index (χ1v) is 11.6. The largest absolute Gasteiger partial charge is 0.487 e. The lowest BCUT2D eigenvalue weighted by Gasteiger charge is -2.30. The van der Waals surface area contributed by atoms with Crippen LogP contribution in [0.15, 0.2) is 30.6 Å². The van der Waals surface area contributed by atoms with Crippen molar-refractivity contribution in [3.05, 3.63) is 46.5 Å². The normalized spacial score (nSPS) is 21.9. The maximum Gasteiger partial charge on any atom is 0.166 e. The van der Waals surface area contributed by atoms with Gasteiger partial charge in [-0.25, -0.2) is 14.4 Å². The Kier molecular flexibility index (Phi) is 6.42. The Morgan fingerprint density at radius 1 is 1.12 bits per heavy atom. The Balaban J connectivity index is 1.50. The summed E-state index contributed by atoms with van der Waals surface area (Å²) in [6.07, 6.45) is 5.57. The van der Waals surface area contributed by atoms with Gasteiger partial charge in [-0.05, 0) is 43.9 Å². The minimum Gasteiger partial charge on any atom is -0.487 e. The fourth-order valence-corrected chi connectivity index (χ4v) is 4.87. The van der Waals surface area contributed by atoms with Crippen LogP contribution in [-0.4, -0.2) is 46.5 Å². The summed E-state index contributed by atoms with van der Waals surface area (Å²) in [4.78, 5) is 8.63. The summed E-state index contributed by atoms with van der Waals surface area (Å²) in [6, 6.07) is 7.49.